The minimum atomic E-state index is 0.462. The molecule has 0 bridgehead atoms. The van der Waals surface area contributed by atoms with E-state index in [0.29, 0.717) is 11.8 Å². The Morgan fingerprint density at radius 2 is 1.65 bits per heavy atom. The molecule has 0 saturated heterocycles. The molecule has 0 aliphatic heterocycles. The minimum absolute atomic E-state index is 0.462. The summed E-state index contributed by atoms with van der Waals surface area (Å²) in [6.45, 7) is 6.22. The molecule has 0 unspecified atom stereocenters. The highest BCUT2D eigenvalue weighted by molar-refractivity contribution is 5.62. The first-order valence-corrected chi connectivity index (χ1v) is 7.48. The Hall–Kier alpha value is -2.95. The number of nitrogens with zero attached hydrogens (tertiary/aromatic N) is 3. The fraction of sp³-hybridized carbons (Fsp3) is 0.167. The first-order chi connectivity index (χ1) is 11.1. The first-order valence-electron chi connectivity index (χ1n) is 7.48. The van der Waals surface area contributed by atoms with Gasteiger partial charge in [-0.25, -0.2) is 0 Å². The van der Waals surface area contributed by atoms with Gasteiger partial charge in [-0.1, -0.05) is 29.8 Å². The number of aryl methyl sites for hydroxylation is 2. The van der Waals surface area contributed by atoms with Crippen molar-refractivity contribution in [1.82, 2.24) is 15.2 Å². The molecule has 2 N–H and O–H groups in total. The van der Waals surface area contributed by atoms with Crippen LogP contribution in [0.1, 0.15) is 16.7 Å². The molecule has 1 heterocycles. The lowest BCUT2D eigenvalue weighted by Crippen LogP contribution is -2.03. The molecular weight excluding hydrogens is 286 g/mol. The minimum Gasteiger partial charge on any atom is -0.339 e. The molecule has 0 amide bonds. The van der Waals surface area contributed by atoms with Crippen LogP contribution >= 0.6 is 0 Å². The van der Waals surface area contributed by atoms with Crippen molar-refractivity contribution in [3.05, 3.63) is 65.4 Å². The van der Waals surface area contributed by atoms with Gasteiger partial charge in [-0.3, -0.25) is 0 Å². The van der Waals surface area contributed by atoms with E-state index >= 15 is 0 Å². The van der Waals surface area contributed by atoms with E-state index in [2.05, 4.69) is 52.7 Å². The van der Waals surface area contributed by atoms with Crippen LogP contribution in [0.2, 0.25) is 0 Å². The highest BCUT2D eigenvalue weighted by Crippen LogP contribution is 2.22. The van der Waals surface area contributed by atoms with Gasteiger partial charge < -0.3 is 10.6 Å². The number of benzene rings is 2. The molecule has 3 aromatic rings. The van der Waals surface area contributed by atoms with E-state index in [9.17, 15) is 0 Å². The molecule has 0 aliphatic carbocycles. The van der Waals surface area contributed by atoms with Gasteiger partial charge >= 0.3 is 0 Å². The average Bonchev–Trinajstić information content (AvgIpc) is 2.54. The van der Waals surface area contributed by atoms with Crippen LogP contribution in [0.25, 0.3) is 0 Å². The van der Waals surface area contributed by atoms with Crippen LogP contribution in [-0.2, 0) is 0 Å². The predicted octanol–water partition coefficient (Wildman–Crippen LogP) is 4.28. The van der Waals surface area contributed by atoms with E-state index in [4.69, 9.17) is 0 Å². The normalized spacial score (nSPS) is 10.4. The topological polar surface area (TPSA) is 62.7 Å². The lowest BCUT2D eigenvalue weighted by atomic mass is 10.1. The van der Waals surface area contributed by atoms with Crippen LogP contribution in [0, 0.1) is 20.8 Å². The molecule has 0 spiro atoms. The zero-order valence-corrected chi connectivity index (χ0v) is 13.5. The summed E-state index contributed by atoms with van der Waals surface area (Å²) < 4.78 is 0. The van der Waals surface area contributed by atoms with Gasteiger partial charge in [0, 0.05) is 11.4 Å². The van der Waals surface area contributed by atoms with Crippen LogP contribution in [-0.4, -0.2) is 15.2 Å². The Morgan fingerprint density at radius 3 is 2.43 bits per heavy atom. The van der Waals surface area contributed by atoms with Gasteiger partial charge in [0.15, 0.2) is 5.82 Å². The van der Waals surface area contributed by atoms with E-state index in [1.165, 1.54) is 16.7 Å². The van der Waals surface area contributed by atoms with Crippen LogP contribution in [0.4, 0.5) is 23.1 Å². The summed E-state index contributed by atoms with van der Waals surface area (Å²) in [5.41, 5.74) is 5.59. The van der Waals surface area contributed by atoms with E-state index in [1.807, 2.05) is 36.4 Å². The van der Waals surface area contributed by atoms with Crippen molar-refractivity contribution in [3.8, 4) is 0 Å². The highest BCUT2D eigenvalue weighted by Gasteiger charge is 2.05. The maximum absolute atomic E-state index is 4.46. The predicted molar refractivity (Wildman–Crippen MR) is 93.5 cm³/mol. The van der Waals surface area contributed by atoms with Gasteiger partial charge in [0.25, 0.3) is 0 Å². The van der Waals surface area contributed by atoms with Crippen molar-refractivity contribution in [3.63, 3.8) is 0 Å². The highest BCUT2D eigenvalue weighted by atomic mass is 15.3. The fourth-order valence-corrected chi connectivity index (χ4v) is 2.21. The Bertz CT molecular complexity index is 812. The molecule has 5 nitrogen and oxygen atoms in total. The number of nitrogens with one attached hydrogen (secondary N) is 2. The summed E-state index contributed by atoms with van der Waals surface area (Å²) in [5, 5.41) is 14.5. The Labute approximate surface area is 135 Å². The van der Waals surface area contributed by atoms with E-state index in [-0.39, 0.29) is 0 Å². The van der Waals surface area contributed by atoms with E-state index in [1.54, 1.807) is 6.20 Å². The molecule has 0 radical (unpaired) electrons. The molecule has 116 valence electrons. The quantitative estimate of drug-likeness (QED) is 0.753. The van der Waals surface area contributed by atoms with Crippen molar-refractivity contribution in [1.29, 1.82) is 0 Å². The number of aromatic nitrogens is 3. The maximum atomic E-state index is 4.46. The first kappa shape index (κ1) is 15.0. The van der Waals surface area contributed by atoms with E-state index in [0.717, 1.165) is 11.4 Å². The van der Waals surface area contributed by atoms with Crippen LogP contribution in [0.15, 0.2) is 48.7 Å². The molecule has 1 aromatic heterocycles. The third-order valence-electron chi connectivity index (χ3n) is 3.73. The van der Waals surface area contributed by atoms with Gasteiger partial charge in [0.2, 0.25) is 5.95 Å². The Balaban J connectivity index is 1.79. The average molecular weight is 305 g/mol. The van der Waals surface area contributed by atoms with Gasteiger partial charge in [0.1, 0.15) is 0 Å². The van der Waals surface area contributed by atoms with Crippen LogP contribution in [0.3, 0.4) is 0 Å². The summed E-state index contributed by atoms with van der Waals surface area (Å²) in [6, 6.07) is 14.2. The fourth-order valence-electron chi connectivity index (χ4n) is 2.21. The summed E-state index contributed by atoms with van der Waals surface area (Å²) >= 11 is 0. The second-order valence-corrected chi connectivity index (χ2v) is 5.53. The maximum Gasteiger partial charge on any atom is 0.249 e. The third-order valence-corrected chi connectivity index (χ3v) is 3.73. The van der Waals surface area contributed by atoms with Crippen molar-refractivity contribution in [2.75, 3.05) is 10.6 Å². The lowest BCUT2D eigenvalue weighted by Gasteiger charge is -2.11. The van der Waals surface area contributed by atoms with Crippen LogP contribution < -0.4 is 10.6 Å². The monoisotopic (exact) mass is 305 g/mol. The molecule has 0 atom stereocenters. The lowest BCUT2D eigenvalue weighted by molar-refractivity contribution is 0.982. The Morgan fingerprint density at radius 1 is 0.870 bits per heavy atom. The molecule has 2 aromatic carbocycles. The molecule has 0 aliphatic rings. The molecule has 5 heteroatoms. The van der Waals surface area contributed by atoms with Crippen molar-refractivity contribution < 1.29 is 0 Å². The summed E-state index contributed by atoms with van der Waals surface area (Å²) in [5.74, 6) is 1.12. The SMILES string of the molecule is Cc1ccc(Nc2nncc(Nc3cccc(C)c3C)n2)cc1. The largest absolute Gasteiger partial charge is 0.339 e. The summed E-state index contributed by atoms with van der Waals surface area (Å²) in [6.07, 6.45) is 1.61. The zero-order valence-electron chi connectivity index (χ0n) is 13.5. The second kappa shape index (κ2) is 6.44. The van der Waals surface area contributed by atoms with Gasteiger partial charge in [-0.15, -0.1) is 5.10 Å². The molecule has 0 fully saturated rings. The van der Waals surface area contributed by atoms with Crippen molar-refractivity contribution >= 4 is 23.1 Å². The van der Waals surface area contributed by atoms with Gasteiger partial charge in [-0.05, 0) is 50.1 Å². The molecule has 0 saturated carbocycles. The molecule has 3 rings (SSSR count). The van der Waals surface area contributed by atoms with Crippen molar-refractivity contribution in [2.24, 2.45) is 0 Å². The third kappa shape index (κ3) is 3.63. The summed E-state index contributed by atoms with van der Waals surface area (Å²) in [4.78, 5) is 4.46. The number of hydrogen-bond acceptors (Lipinski definition) is 5. The van der Waals surface area contributed by atoms with Crippen molar-refractivity contribution in [2.45, 2.75) is 20.8 Å². The van der Waals surface area contributed by atoms with Gasteiger partial charge in [-0.2, -0.15) is 10.1 Å². The number of anilines is 4. The van der Waals surface area contributed by atoms with E-state index < -0.39 is 0 Å². The standard InChI is InChI=1S/C18H19N5/c1-12-7-9-15(10-8-12)20-18-22-17(11-19-23-18)21-16-6-4-5-13(2)14(16)3/h4-11H,1-3H3,(H2,20,21,22,23). The number of rotatable bonds is 4. The Kier molecular flexibility index (Phi) is 4.19. The molecular formula is C18H19N5. The molecule has 23 heavy (non-hydrogen) atoms. The zero-order chi connectivity index (χ0) is 16.2. The number of hydrogen-bond donors (Lipinski definition) is 2. The van der Waals surface area contributed by atoms with Gasteiger partial charge in [0.05, 0.1) is 6.20 Å². The smallest absolute Gasteiger partial charge is 0.249 e. The second-order valence-electron chi connectivity index (χ2n) is 5.53. The summed E-state index contributed by atoms with van der Waals surface area (Å²) in [7, 11) is 0. The van der Waals surface area contributed by atoms with Crippen LogP contribution in [0.5, 0.6) is 0 Å².